The maximum atomic E-state index is 11.1. The number of benzene rings is 1. The minimum atomic E-state index is -0.0469. The standard InChI is InChI=1S/C14H13N3O2S/c1-19-12-4-2-3-11-10(12)5-6-15-13(11)16-7-9-8-20-14(18)17-9/h2-6,8H,7H2,1H3,(H,15,16)(H,17,18). The summed E-state index contributed by atoms with van der Waals surface area (Å²) in [4.78, 5) is 18.2. The van der Waals surface area contributed by atoms with E-state index in [0.717, 1.165) is 39.4 Å². The number of anilines is 1. The van der Waals surface area contributed by atoms with Crippen LogP contribution in [0.1, 0.15) is 5.69 Å². The fourth-order valence-corrected chi connectivity index (χ4v) is 2.66. The summed E-state index contributed by atoms with van der Waals surface area (Å²) in [7, 11) is 1.65. The zero-order chi connectivity index (χ0) is 13.9. The van der Waals surface area contributed by atoms with E-state index in [2.05, 4.69) is 15.3 Å². The Morgan fingerprint density at radius 3 is 3.00 bits per heavy atom. The molecule has 0 amide bonds. The Morgan fingerprint density at radius 2 is 2.25 bits per heavy atom. The fraction of sp³-hybridized carbons (Fsp3) is 0.143. The van der Waals surface area contributed by atoms with E-state index in [9.17, 15) is 4.79 Å². The third-order valence-electron chi connectivity index (χ3n) is 3.00. The Balaban J connectivity index is 1.93. The van der Waals surface area contributed by atoms with Gasteiger partial charge in [0.1, 0.15) is 11.6 Å². The monoisotopic (exact) mass is 287 g/mol. The molecule has 0 aliphatic carbocycles. The van der Waals surface area contributed by atoms with Crippen molar-refractivity contribution in [2.45, 2.75) is 6.54 Å². The number of aromatic nitrogens is 2. The van der Waals surface area contributed by atoms with Gasteiger partial charge in [-0.3, -0.25) is 4.79 Å². The average Bonchev–Trinajstić information content (AvgIpc) is 2.90. The predicted molar refractivity (Wildman–Crippen MR) is 80.6 cm³/mol. The second-order valence-electron chi connectivity index (χ2n) is 4.24. The van der Waals surface area contributed by atoms with Crippen molar-refractivity contribution in [2.75, 3.05) is 12.4 Å². The molecule has 0 spiro atoms. The summed E-state index contributed by atoms with van der Waals surface area (Å²) < 4.78 is 5.35. The number of fused-ring (bicyclic) bond motifs is 1. The number of nitrogens with zero attached hydrogens (tertiary/aromatic N) is 1. The van der Waals surface area contributed by atoms with Crippen molar-refractivity contribution in [3.63, 3.8) is 0 Å². The highest BCUT2D eigenvalue weighted by Crippen LogP contribution is 2.29. The number of thiazole rings is 1. The van der Waals surface area contributed by atoms with Gasteiger partial charge < -0.3 is 15.0 Å². The summed E-state index contributed by atoms with van der Waals surface area (Å²) in [6.07, 6.45) is 1.74. The van der Waals surface area contributed by atoms with Crippen molar-refractivity contribution >= 4 is 27.9 Å². The second-order valence-corrected chi connectivity index (χ2v) is 5.08. The molecule has 5 nitrogen and oxygen atoms in total. The summed E-state index contributed by atoms with van der Waals surface area (Å²) in [5.74, 6) is 1.59. The van der Waals surface area contributed by atoms with Crippen molar-refractivity contribution < 1.29 is 4.74 Å². The highest BCUT2D eigenvalue weighted by molar-refractivity contribution is 7.07. The Bertz CT molecular complexity index is 794. The second kappa shape index (κ2) is 5.34. The number of ether oxygens (including phenoxy) is 1. The molecular formula is C14H13N3O2S. The van der Waals surface area contributed by atoms with E-state index in [1.54, 1.807) is 18.7 Å². The Labute approximate surface area is 119 Å². The van der Waals surface area contributed by atoms with Crippen molar-refractivity contribution in [3.05, 3.63) is 51.2 Å². The van der Waals surface area contributed by atoms with Crippen molar-refractivity contribution in [1.82, 2.24) is 9.97 Å². The molecule has 0 bridgehead atoms. The van der Waals surface area contributed by atoms with E-state index in [1.807, 2.05) is 24.3 Å². The van der Waals surface area contributed by atoms with Gasteiger partial charge in [-0.15, -0.1) is 0 Å². The lowest BCUT2D eigenvalue weighted by molar-refractivity contribution is 0.420. The number of pyridine rings is 1. The van der Waals surface area contributed by atoms with Crippen molar-refractivity contribution in [2.24, 2.45) is 0 Å². The molecule has 3 rings (SSSR count). The first-order valence-electron chi connectivity index (χ1n) is 6.10. The molecule has 20 heavy (non-hydrogen) atoms. The highest BCUT2D eigenvalue weighted by Gasteiger charge is 2.06. The third kappa shape index (κ3) is 2.37. The van der Waals surface area contributed by atoms with Crippen LogP contribution in [-0.2, 0) is 6.54 Å². The van der Waals surface area contributed by atoms with Gasteiger partial charge in [-0.25, -0.2) is 4.98 Å². The first kappa shape index (κ1) is 12.7. The third-order valence-corrected chi connectivity index (χ3v) is 3.72. The van der Waals surface area contributed by atoms with Gasteiger partial charge in [-0.1, -0.05) is 23.5 Å². The molecule has 0 fully saturated rings. The minimum absolute atomic E-state index is 0.0469. The Kier molecular flexibility index (Phi) is 3.39. The maximum Gasteiger partial charge on any atom is 0.304 e. The average molecular weight is 287 g/mol. The summed E-state index contributed by atoms with van der Waals surface area (Å²) in [6.45, 7) is 0.530. The van der Waals surface area contributed by atoms with Crippen LogP contribution in [0.25, 0.3) is 10.8 Å². The lowest BCUT2D eigenvalue weighted by atomic mass is 10.1. The molecule has 2 aromatic heterocycles. The van der Waals surface area contributed by atoms with E-state index < -0.39 is 0 Å². The molecule has 0 unspecified atom stereocenters. The molecule has 1 aromatic carbocycles. The predicted octanol–water partition coefficient (Wildman–Crippen LogP) is 2.61. The first-order chi connectivity index (χ1) is 9.78. The SMILES string of the molecule is COc1cccc2c(NCc3csc(=O)[nH]3)nccc12. The topological polar surface area (TPSA) is 67.0 Å². The molecule has 0 atom stereocenters. The minimum Gasteiger partial charge on any atom is -0.496 e. The zero-order valence-corrected chi connectivity index (χ0v) is 11.7. The van der Waals surface area contributed by atoms with E-state index >= 15 is 0 Å². The molecule has 3 aromatic rings. The van der Waals surface area contributed by atoms with Gasteiger partial charge in [0, 0.05) is 28.0 Å². The molecule has 6 heteroatoms. The number of hydrogen-bond acceptors (Lipinski definition) is 5. The molecule has 0 saturated carbocycles. The summed E-state index contributed by atoms with van der Waals surface area (Å²) in [6, 6.07) is 7.76. The van der Waals surface area contributed by atoms with Gasteiger partial charge in [-0.2, -0.15) is 0 Å². The zero-order valence-electron chi connectivity index (χ0n) is 10.8. The normalized spacial score (nSPS) is 10.7. The quantitative estimate of drug-likeness (QED) is 0.774. The first-order valence-corrected chi connectivity index (χ1v) is 6.98. The van der Waals surface area contributed by atoms with Gasteiger partial charge >= 0.3 is 4.87 Å². The molecule has 0 aliphatic rings. The van der Waals surface area contributed by atoms with E-state index in [0.29, 0.717) is 6.54 Å². The Morgan fingerprint density at radius 1 is 1.35 bits per heavy atom. The van der Waals surface area contributed by atoms with Crippen LogP contribution in [0.2, 0.25) is 0 Å². The number of methoxy groups -OCH3 is 1. The van der Waals surface area contributed by atoms with Crippen LogP contribution in [0, 0.1) is 0 Å². The molecule has 2 N–H and O–H groups in total. The van der Waals surface area contributed by atoms with Gasteiger partial charge in [0.05, 0.1) is 13.7 Å². The summed E-state index contributed by atoms with van der Waals surface area (Å²) in [5.41, 5.74) is 0.849. The molecule has 0 saturated heterocycles. The number of hydrogen-bond donors (Lipinski definition) is 2. The number of aromatic amines is 1. The molecule has 2 heterocycles. The van der Waals surface area contributed by atoms with E-state index in [-0.39, 0.29) is 4.87 Å². The van der Waals surface area contributed by atoms with Crippen LogP contribution in [-0.4, -0.2) is 17.1 Å². The van der Waals surface area contributed by atoms with Crippen molar-refractivity contribution in [1.29, 1.82) is 0 Å². The van der Waals surface area contributed by atoms with E-state index in [1.165, 1.54) is 0 Å². The van der Waals surface area contributed by atoms with Crippen molar-refractivity contribution in [3.8, 4) is 5.75 Å². The van der Waals surface area contributed by atoms with Gasteiger partial charge in [0.25, 0.3) is 0 Å². The largest absolute Gasteiger partial charge is 0.496 e. The van der Waals surface area contributed by atoms with Crippen LogP contribution < -0.4 is 14.9 Å². The summed E-state index contributed by atoms with van der Waals surface area (Å²) >= 11 is 1.16. The number of H-pyrrole nitrogens is 1. The Hall–Kier alpha value is -2.34. The van der Waals surface area contributed by atoms with Crippen LogP contribution in [0.5, 0.6) is 5.75 Å². The molecule has 0 radical (unpaired) electrons. The molecule has 102 valence electrons. The van der Waals surface area contributed by atoms with Crippen LogP contribution in [0.15, 0.2) is 40.6 Å². The smallest absolute Gasteiger partial charge is 0.304 e. The number of rotatable bonds is 4. The maximum absolute atomic E-state index is 11.1. The molecule has 0 aliphatic heterocycles. The van der Waals surface area contributed by atoms with E-state index in [4.69, 9.17) is 4.74 Å². The van der Waals surface area contributed by atoms with Gasteiger partial charge in [-0.05, 0) is 12.1 Å². The fourth-order valence-electron chi connectivity index (χ4n) is 2.08. The highest BCUT2D eigenvalue weighted by atomic mass is 32.1. The van der Waals surface area contributed by atoms with Crippen LogP contribution in [0.3, 0.4) is 0 Å². The lowest BCUT2D eigenvalue weighted by Gasteiger charge is -2.10. The summed E-state index contributed by atoms with van der Waals surface area (Å²) in [5, 5.41) is 7.04. The van der Waals surface area contributed by atoms with Crippen LogP contribution >= 0.6 is 11.3 Å². The van der Waals surface area contributed by atoms with Crippen LogP contribution in [0.4, 0.5) is 5.82 Å². The van der Waals surface area contributed by atoms with Gasteiger partial charge in [0.2, 0.25) is 0 Å². The number of nitrogens with one attached hydrogen (secondary N) is 2. The lowest BCUT2D eigenvalue weighted by Crippen LogP contribution is -2.04. The van der Waals surface area contributed by atoms with Gasteiger partial charge in [0.15, 0.2) is 0 Å². The molecular weight excluding hydrogens is 274 g/mol.